The van der Waals surface area contributed by atoms with Gasteiger partial charge in [-0.25, -0.2) is 8.42 Å². The monoisotopic (exact) mass is 240 g/mol. The highest BCUT2D eigenvalue weighted by Crippen LogP contribution is 2.35. The molecule has 1 fully saturated rings. The summed E-state index contributed by atoms with van der Waals surface area (Å²) < 4.78 is 23.0. The Hall–Kier alpha value is -1.23. The van der Waals surface area contributed by atoms with Gasteiger partial charge in [-0.15, -0.1) is 0 Å². The highest BCUT2D eigenvalue weighted by atomic mass is 32.2. The van der Waals surface area contributed by atoms with Gasteiger partial charge in [0.15, 0.2) is 9.84 Å². The number of anilines is 2. The molecule has 16 heavy (non-hydrogen) atoms. The lowest BCUT2D eigenvalue weighted by Crippen LogP contribution is -2.21. The molecule has 0 amide bonds. The van der Waals surface area contributed by atoms with Crippen molar-refractivity contribution in [2.45, 2.75) is 23.8 Å². The van der Waals surface area contributed by atoms with Crippen molar-refractivity contribution < 1.29 is 8.42 Å². The summed E-state index contributed by atoms with van der Waals surface area (Å²) in [5.74, 6) is 0. The standard InChI is InChI=1S/C11H16N2O2S/c1-13(8-6-7-8)9-4-3-5-10(11(9)12)16(2,14)15/h3-5,8H,6-7,12H2,1-2H3. The Balaban J connectivity index is 2.48. The summed E-state index contributed by atoms with van der Waals surface area (Å²) in [7, 11) is -1.29. The average molecular weight is 240 g/mol. The Morgan fingerprint density at radius 2 is 2.00 bits per heavy atom. The highest BCUT2D eigenvalue weighted by Gasteiger charge is 2.28. The lowest BCUT2D eigenvalue weighted by molar-refractivity contribution is 0.602. The summed E-state index contributed by atoms with van der Waals surface area (Å²) in [6.45, 7) is 0. The molecule has 88 valence electrons. The first-order chi connectivity index (χ1) is 7.41. The molecule has 1 aliphatic rings. The molecule has 0 heterocycles. The van der Waals surface area contributed by atoms with Gasteiger partial charge in [-0.2, -0.15) is 0 Å². The van der Waals surface area contributed by atoms with Crippen molar-refractivity contribution >= 4 is 21.2 Å². The Morgan fingerprint density at radius 1 is 1.38 bits per heavy atom. The fourth-order valence-electron chi connectivity index (χ4n) is 1.82. The topological polar surface area (TPSA) is 63.4 Å². The second-order valence-electron chi connectivity index (χ2n) is 4.30. The van der Waals surface area contributed by atoms with Crippen molar-refractivity contribution in [2.24, 2.45) is 0 Å². The summed E-state index contributed by atoms with van der Waals surface area (Å²) in [5, 5.41) is 0. The number of sulfone groups is 1. The number of hydrogen-bond donors (Lipinski definition) is 1. The van der Waals surface area contributed by atoms with Crippen molar-refractivity contribution in [1.82, 2.24) is 0 Å². The minimum absolute atomic E-state index is 0.220. The molecule has 2 N–H and O–H groups in total. The first-order valence-corrected chi connectivity index (χ1v) is 7.12. The van der Waals surface area contributed by atoms with Crippen LogP contribution in [-0.4, -0.2) is 27.8 Å². The Morgan fingerprint density at radius 3 is 2.50 bits per heavy atom. The largest absolute Gasteiger partial charge is 0.396 e. The van der Waals surface area contributed by atoms with Crippen LogP contribution in [0.5, 0.6) is 0 Å². The van der Waals surface area contributed by atoms with Gasteiger partial charge in [-0.3, -0.25) is 0 Å². The van der Waals surface area contributed by atoms with Crippen LogP contribution in [0.4, 0.5) is 11.4 Å². The lowest BCUT2D eigenvalue weighted by atomic mass is 10.2. The maximum absolute atomic E-state index is 11.5. The van der Waals surface area contributed by atoms with Crippen LogP contribution in [0.3, 0.4) is 0 Å². The number of hydrogen-bond acceptors (Lipinski definition) is 4. The first-order valence-electron chi connectivity index (χ1n) is 5.22. The second kappa shape index (κ2) is 3.66. The number of nitrogen functional groups attached to an aromatic ring is 1. The molecule has 1 aromatic rings. The van der Waals surface area contributed by atoms with Gasteiger partial charge in [0.05, 0.1) is 16.3 Å². The number of nitrogens with zero attached hydrogens (tertiary/aromatic N) is 1. The Labute approximate surface area is 96.0 Å². The molecular weight excluding hydrogens is 224 g/mol. The number of nitrogens with two attached hydrogens (primary N) is 1. The molecule has 4 nitrogen and oxygen atoms in total. The van der Waals surface area contributed by atoms with Crippen LogP contribution in [-0.2, 0) is 9.84 Å². The third-order valence-corrected chi connectivity index (χ3v) is 4.07. The van der Waals surface area contributed by atoms with Crippen LogP contribution < -0.4 is 10.6 Å². The molecule has 0 atom stereocenters. The van der Waals surface area contributed by atoms with Gasteiger partial charge in [0.1, 0.15) is 0 Å². The van der Waals surface area contributed by atoms with Crippen LogP contribution in [0, 0.1) is 0 Å². The molecule has 0 saturated heterocycles. The van der Waals surface area contributed by atoms with E-state index in [4.69, 9.17) is 5.73 Å². The Kier molecular flexibility index (Phi) is 2.58. The molecule has 0 aliphatic heterocycles. The quantitative estimate of drug-likeness (QED) is 0.808. The summed E-state index contributed by atoms with van der Waals surface area (Å²) in [6, 6.07) is 5.66. The summed E-state index contributed by atoms with van der Waals surface area (Å²) in [5.41, 5.74) is 7.09. The third-order valence-electron chi connectivity index (χ3n) is 2.92. The van der Waals surface area contributed by atoms with E-state index < -0.39 is 9.84 Å². The molecule has 0 spiro atoms. The van der Waals surface area contributed by atoms with E-state index in [0.29, 0.717) is 11.7 Å². The molecule has 5 heteroatoms. The van der Waals surface area contributed by atoms with E-state index in [-0.39, 0.29) is 4.90 Å². The molecule has 1 aliphatic carbocycles. The van der Waals surface area contributed by atoms with E-state index in [9.17, 15) is 8.42 Å². The summed E-state index contributed by atoms with van der Waals surface area (Å²) in [6.07, 6.45) is 3.48. The van der Waals surface area contributed by atoms with E-state index in [0.717, 1.165) is 18.5 Å². The lowest BCUT2D eigenvalue weighted by Gasteiger charge is -2.21. The van der Waals surface area contributed by atoms with Crippen molar-refractivity contribution in [1.29, 1.82) is 0 Å². The van der Waals surface area contributed by atoms with E-state index in [2.05, 4.69) is 4.90 Å². The van der Waals surface area contributed by atoms with Gasteiger partial charge >= 0.3 is 0 Å². The van der Waals surface area contributed by atoms with Crippen LogP contribution >= 0.6 is 0 Å². The molecule has 2 rings (SSSR count). The Bertz CT molecular complexity index is 507. The number of benzene rings is 1. The van der Waals surface area contributed by atoms with Crippen molar-refractivity contribution in [3.63, 3.8) is 0 Å². The van der Waals surface area contributed by atoms with Crippen molar-refractivity contribution in [3.8, 4) is 0 Å². The molecule has 1 saturated carbocycles. The normalized spacial score (nSPS) is 16.1. The average Bonchev–Trinajstić information content (AvgIpc) is 2.98. The van der Waals surface area contributed by atoms with Crippen LogP contribution in [0.15, 0.2) is 23.1 Å². The van der Waals surface area contributed by atoms with E-state index >= 15 is 0 Å². The van der Waals surface area contributed by atoms with Gasteiger partial charge in [-0.05, 0) is 25.0 Å². The van der Waals surface area contributed by atoms with Crippen LogP contribution in [0.2, 0.25) is 0 Å². The molecular formula is C11H16N2O2S. The minimum Gasteiger partial charge on any atom is -0.396 e. The highest BCUT2D eigenvalue weighted by molar-refractivity contribution is 7.90. The van der Waals surface area contributed by atoms with Crippen LogP contribution in [0.25, 0.3) is 0 Å². The third kappa shape index (κ3) is 2.00. The summed E-state index contributed by atoms with van der Waals surface area (Å²) >= 11 is 0. The molecule has 0 unspecified atom stereocenters. The maximum atomic E-state index is 11.5. The maximum Gasteiger partial charge on any atom is 0.177 e. The van der Waals surface area contributed by atoms with Gasteiger partial charge in [0, 0.05) is 19.3 Å². The van der Waals surface area contributed by atoms with Gasteiger partial charge in [0.2, 0.25) is 0 Å². The van der Waals surface area contributed by atoms with Gasteiger partial charge in [-0.1, -0.05) is 6.07 Å². The number of rotatable bonds is 3. The fourth-order valence-corrected chi connectivity index (χ4v) is 2.65. The van der Waals surface area contributed by atoms with E-state index in [1.165, 1.54) is 6.26 Å². The van der Waals surface area contributed by atoms with E-state index in [1.54, 1.807) is 12.1 Å². The zero-order chi connectivity index (χ0) is 11.9. The fraction of sp³-hybridized carbons (Fsp3) is 0.455. The first kappa shape index (κ1) is 11.3. The second-order valence-corrected chi connectivity index (χ2v) is 6.29. The van der Waals surface area contributed by atoms with Gasteiger partial charge < -0.3 is 10.6 Å². The molecule has 1 aromatic carbocycles. The summed E-state index contributed by atoms with van der Waals surface area (Å²) in [4.78, 5) is 2.28. The molecule has 0 radical (unpaired) electrons. The zero-order valence-electron chi connectivity index (χ0n) is 9.47. The van der Waals surface area contributed by atoms with Crippen LogP contribution in [0.1, 0.15) is 12.8 Å². The minimum atomic E-state index is -3.25. The zero-order valence-corrected chi connectivity index (χ0v) is 10.3. The van der Waals surface area contributed by atoms with Gasteiger partial charge in [0.25, 0.3) is 0 Å². The SMILES string of the molecule is CN(c1cccc(S(C)(=O)=O)c1N)C1CC1. The molecule has 0 bridgehead atoms. The molecule has 0 aromatic heterocycles. The number of para-hydroxylation sites is 1. The van der Waals surface area contributed by atoms with Crippen molar-refractivity contribution in [3.05, 3.63) is 18.2 Å². The van der Waals surface area contributed by atoms with E-state index in [1.807, 2.05) is 13.1 Å². The smallest absolute Gasteiger partial charge is 0.177 e. The predicted octanol–water partition coefficient (Wildman–Crippen LogP) is 1.27. The van der Waals surface area contributed by atoms with Crippen molar-refractivity contribution in [2.75, 3.05) is 23.9 Å². The predicted molar refractivity (Wildman–Crippen MR) is 65.4 cm³/mol.